The number of methoxy groups -OCH3 is 1. The molecule has 6 nitrogen and oxygen atoms in total. The van der Waals surface area contributed by atoms with Gasteiger partial charge in [0.05, 0.1) is 17.6 Å². The molecule has 0 radical (unpaired) electrons. The van der Waals surface area contributed by atoms with E-state index >= 15 is 0 Å². The molecule has 0 aliphatic carbocycles. The molecule has 0 heterocycles. The van der Waals surface area contributed by atoms with Crippen molar-refractivity contribution in [2.24, 2.45) is 0 Å². The van der Waals surface area contributed by atoms with Crippen LogP contribution in [0.3, 0.4) is 0 Å². The molecule has 2 aromatic rings. The number of rotatable bonds is 5. The number of benzene rings is 2. The Morgan fingerprint density at radius 3 is 2.12 bits per heavy atom. The van der Waals surface area contributed by atoms with Gasteiger partial charge in [-0.2, -0.15) is 0 Å². The number of nitrogens with zero attached hydrogens (tertiary/aromatic N) is 1. The van der Waals surface area contributed by atoms with Gasteiger partial charge in [-0.25, -0.2) is 4.79 Å². The van der Waals surface area contributed by atoms with E-state index in [9.17, 15) is 14.9 Å². The van der Waals surface area contributed by atoms with Crippen LogP contribution in [0.5, 0.6) is 5.75 Å². The summed E-state index contributed by atoms with van der Waals surface area (Å²) in [4.78, 5) is 21.8. The molecule has 6 heteroatoms. The average Bonchev–Trinajstić information content (AvgIpc) is 2.69. The lowest BCUT2D eigenvalue weighted by Gasteiger charge is -2.08. The van der Waals surface area contributed by atoms with Crippen LogP contribution >= 0.6 is 0 Å². The SMILES string of the molecule is CC.CC.COC(=O)c1ccc(COc2cc(C)ccc2[N+](=O)[O-])cc1. The molecule has 0 aliphatic heterocycles. The molecule has 0 N–H and O–H groups in total. The quantitative estimate of drug-likeness (QED) is 0.409. The van der Waals surface area contributed by atoms with Crippen molar-refractivity contribution in [3.8, 4) is 5.75 Å². The van der Waals surface area contributed by atoms with Crippen molar-refractivity contribution < 1.29 is 19.2 Å². The van der Waals surface area contributed by atoms with Crippen molar-refractivity contribution in [3.05, 3.63) is 69.3 Å². The van der Waals surface area contributed by atoms with E-state index in [4.69, 9.17) is 4.74 Å². The predicted molar refractivity (Wildman–Crippen MR) is 103 cm³/mol. The molecule has 0 atom stereocenters. The van der Waals surface area contributed by atoms with Gasteiger partial charge in [0.2, 0.25) is 0 Å². The van der Waals surface area contributed by atoms with Crippen LogP contribution in [0.4, 0.5) is 5.69 Å². The summed E-state index contributed by atoms with van der Waals surface area (Å²) in [7, 11) is 1.32. The number of hydrogen-bond acceptors (Lipinski definition) is 5. The minimum absolute atomic E-state index is 0.0724. The van der Waals surface area contributed by atoms with Gasteiger partial charge in [0, 0.05) is 6.07 Å². The lowest BCUT2D eigenvalue weighted by atomic mass is 10.1. The Morgan fingerprint density at radius 2 is 1.62 bits per heavy atom. The van der Waals surface area contributed by atoms with Gasteiger partial charge < -0.3 is 9.47 Å². The first-order chi connectivity index (χ1) is 12.5. The summed E-state index contributed by atoms with van der Waals surface area (Å²) in [5.74, 6) is -0.191. The van der Waals surface area contributed by atoms with Crippen molar-refractivity contribution in [2.45, 2.75) is 41.2 Å². The van der Waals surface area contributed by atoms with Crippen LogP contribution in [0, 0.1) is 17.0 Å². The molecule has 26 heavy (non-hydrogen) atoms. The summed E-state index contributed by atoms with van der Waals surface area (Å²) in [6.07, 6.45) is 0. The number of nitro benzene ring substituents is 1. The highest BCUT2D eigenvalue weighted by atomic mass is 16.6. The zero-order valence-electron chi connectivity index (χ0n) is 16.2. The van der Waals surface area contributed by atoms with Crippen LogP contribution in [0.1, 0.15) is 49.2 Å². The van der Waals surface area contributed by atoms with Crippen LogP contribution < -0.4 is 4.74 Å². The molecule has 0 aromatic heterocycles. The Kier molecular flexibility index (Phi) is 11.1. The molecule has 0 bridgehead atoms. The predicted octanol–water partition coefficient (Wildman–Crippen LogP) is 5.32. The van der Waals surface area contributed by atoms with Crippen molar-refractivity contribution in [3.63, 3.8) is 0 Å². The summed E-state index contributed by atoms with van der Waals surface area (Å²) in [6, 6.07) is 11.4. The number of carbonyl (C=O) groups is 1. The van der Waals surface area contributed by atoms with E-state index in [1.165, 1.54) is 13.2 Å². The van der Waals surface area contributed by atoms with E-state index in [1.807, 2.05) is 34.6 Å². The lowest BCUT2D eigenvalue weighted by molar-refractivity contribution is -0.386. The third-order valence-electron chi connectivity index (χ3n) is 3.08. The second kappa shape index (κ2) is 12.5. The van der Waals surface area contributed by atoms with Crippen LogP contribution in [0.2, 0.25) is 0 Å². The van der Waals surface area contributed by atoms with Crippen molar-refractivity contribution in [1.82, 2.24) is 0 Å². The highest BCUT2D eigenvalue weighted by molar-refractivity contribution is 5.89. The Bertz CT molecular complexity index is 696. The number of aryl methyl sites for hydroxylation is 1. The number of esters is 1. The van der Waals surface area contributed by atoms with Gasteiger partial charge >= 0.3 is 11.7 Å². The Morgan fingerprint density at radius 1 is 1.04 bits per heavy atom. The fraction of sp³-hybridized carbons (Fsp3) is 0.350. The molecule has 2 rings (SSSR count). The summed E-state index contributed by atoms with van der Waals surface area (Å²) >= 11 is 0. The second-order valence-electron chi connectivity index (χ2n) is 4.71. The Labute approximate surface area is 154 Å². The Hall–Kier alpha value is -2.89. The van der Waals surface area contributed by atoms with Gasteiger partial charge in [0.1, 0.15) is 6.61 Å². The molecule has 142 valence electrons. The fourth-order valence-corrected chi connectivity index (χ4v) is 1.90. The van der Waals surface area contributed by atoms with Gasteiger partial charge in [-0.05, 0) is 36.2 Å². The first-order valence-electron chi connectivity index (χ1n) is 8.56. The maximum Gasteiger partial charge on any atom is 0.337 e. The smallest absolute Gasteiger partial charge is 0.337 e. The summed E-state index contributed by atoms with van der Waals surface area (Å²) in [6.45, 7) is 10.0. The molecule has 2 aromatic carbocycles. The van der Waals surface area contributed by atoms with Crippen LogP contribution in [-0.2, 0) is 11.3 Å². The number of hydrogen-bond donors (Lipinski definition) is 0. The molecular weight excluding hydrogens is 334 g/mol. The van der Waals surface area contributed by atoms with E-state index in [0.717, 1.165) is 11.1 Å². The van der Waals surface area contributed by atoms with E-state index in [2.05, 4.69) is 4.74 Å². The molecule has 0 unspecified atom stereocenters. The fourth-order valence-electron chi connectivity index (χ4n) is 1.90. The highest BCUT2D eigenvalue weighted by Gasteiger charge is 2.15. The number of carbonyl (C=O) groups excluding carboxylic acids is 1. The zero-order valence-corrected chi connectivity index (χ0v) is 16.2. The minimum atomic E-state index is -0.477. The van der Waals surface area contributed by atoms with Crippen LogP contribution in [-0.4, -0.2) is 18.0 Å². The van der Waals surface area contributed by atoms with Gasteiger partial charge in [0.15, 0.2) is 5.75 Å². The van der Waals surface area contributed by atoms with E-state index in [-0.39, 0.29) is 18.0 Å². The lowest BCUT2D eigenvalue weighted by Crippen LogP contribution is -2.02. The summed E-state index contributed by atoms with van der Waals surface area (Å²) in [5, 5.41) is 11.0. The topological polar surface area (TPSA) is 78.7 Å². The van der Waals surface area contributed by atoms with Gasteiger partial charge in [0.25, 0.3) is 0 Å². The first kappa shape index (κ1) is 23.1. The molecule has 0 saturated carbocycles. The highest BCUT2D eigenvalue weighted by Crippen LogP contribution is 2.28. The third-order valence-corrected chi connectivity index (χ3v) is 3.08. The summed E-state index contributed by atoms with van der Waals surface area (Å²) in [5.41, 5.74) is 2.04. The molecule has 0 fully saturated rings. The van der Waals surface area contributed by atoms with Crippen molar-refractivity contribution in [2.75, 3.05) is 7.11 Å². The second-order valence-corrected chi connectivity index (χ2v) is 4.71. The zero-order chi connectivity index (χ0) is 20.1. The maximum atomic E-state index is 11.3. The van der Waals surface area contributed by atoms with Gasteiger partial charge in [-0.15, -0.1) is 0 Å². The van der Waals surface area contributed by atoms with E-state index in [1.54, 1.807) is 36.4 Å². The largest absolute Gasteiger partial charge is 0.482 e. The average molecular weight is 361 g/mol. The molecule has 0 saturated heterocycles. The maximum absolute atomic E-state index is 11.3. The van der Waals surface area contributed by atoms with Gasteiger partial charge in [-0.3, -0.25) is 10.1 Å². The molecule has 0 aliphatic rings. The summed E-state index contributed by atoms with van der Waals surface area (Å²) < 4.78 is 10.1. The molecular formula is C20H27NO5. The van der Waals surface area contributed by atoms with Crippen molar-refractivity contribution in [1.29, 1.82) is 0 Å². The number of nitro groups is 1. The van der Waals surface area contributed by atoms with Crippen LogP contribution in [0.15, 0.2) is 42.5 Å². The van der Waals surface area contributed by atoms with Crippen LogP contribution in [0.25, 0.3) is 0 Å². The molecule has 0 amide bonds. The Balaban J connectivity index is 0.00000146. The standard InChI is InChI=1S/C16H15NO5.2C2H6/c1-11-3-8-14(17(19)20)15(9-11)22-10-12-4-6-13(7-5-12)16(18)21-2;2*1-2/h3-9H,10H2,1-2H3;2*1-2H3. The van der Waals surface area contributed by atoms with Gasteiger partial charge in [-0.1, -0.05) is 45.9 Å². The number of ether oxygens (including phenoxy) is 2. The third kappa shape index (κ3) is 6.93. The first-order valence-corrected chi connectivity index (χ1v) is 8.56. The minimum Gasteiger partial charge on any atom is -0.482 e. The van der Waals surface area contributed by atoms with E-state index < -0.39 is 10.9 Å². The monoisotopic (exact) mass is 361 g/mol. The normalized spacial score (nSPS) is 9.00. The molecule has 0 spiro atoms. The van der Waals surface area contributed by atoms with E-state index in [0.29, 0.717) is 5.56 Å². The van der Waals surface area contributed by atoms with Crippen molar-refractivity contribution >= 4 is 11.7 Å².